The zero-order chi connectivity index (χ0) is 15.3. The second-order valence-electron chi connectivity index (χ2n) is 3.53. The summed E-state index contributed by atoms with van der Waals surface area (Å²) in [5.41, 5.74) is 0. The third kappa shape index (κ3) is 2.04. The fraction of sp³-hybridized carbons (Fsp3) is 0.625. The van der Waals surface area contributed by atoms with Crippen molar-refractivity contribution >= 4 is 0 Å². The molecule has 0 bridgehead atoms. The number of hydrogen-bond donors (Lipinski definition) is 0. The second kappa shape index (κ2) is 4.04. The third-order valence-electron chi connectivity index (χ3n) is 2.26. The third-order valence-corrected chi connectivity index (χ3v) is 2.26. The van der Waals surface area contributed by atoms with Gasteiger partial charge in [-0.1, -0.05) is 0 Å². The van der Waals surface area contributed by atoms with Gasteiger partial charge in [0.1, 0.15) is 5.82 Å². The number of alkyl halides is 9. The summed E-state index contributed by atoms with van der Waals surface area (Å²) in [4.78, 5) is 3.06. The van der Waals surface area contributed by atoms with Gasteiger partial charge in [0.25, 0.3) is 0 Å². The quantitative estimate of drug-likeness (QED) is 0.780. The monoisotopic (exact) mass is 300 g/mol. The highest BCUT2D eigenvalue weighted by atomic mass is 19.4. The molecular formula is C8H5F9N2. The maximum Gasteiger partial charge on any atom is 0.460 e. The molecule has 19 heavy (non-hydrogen) atoms. The molecule has 0 aliphatic carbocycles. The topological polar surface area (TPSA) is 17.8 Å². The van der Waals surface area contributed by atoms with Crippen molar-refractivity contribution in [2.45, 2.75) is 31.0 Å². The van der Waals surface area contributed by atoms with Gasteiger partial charge in [-0.3, -0.25) is 4.57 Å². The molecule has 0 amide bonds. The first kappa shape index (κ1) is 15.6. The first-order chi connectivity index (χ1) is 8.27. The molecule has 0 N–H and O–H groups in total. The van der Waals surface area contributed by atoms with Crippen LogP contribution in [-0.2, 0) is 6.05 Å². The van der Waals surface area contributed by atoms with Crippen LogP contribution >= 0.6 is 0 Å². The van der Waals surface area contributed by atoms with Gasteiger partial charge in [0.2, 0.25) is 0 Å². The molecule has 0 radical (unpaired) electrons. The molecular weight excluding hydrogens is 295 g/mol. The number of imidazole rings is 1. The van der Waals surface area contributed by atoms with Gasteiger partial charge in [0, 0.05) is 12.4 Å². The number of hydrogen-bond acceptors (Lipinski definition) is 1. The van der Waals surface area contributed by atoms with Gasteiger partial charge < -0.3 is 0 Å². The fourth-order valence-corrected chi connectivity index (χ4v) is 1.19. The molecule has 0 aromatic carbocycles. The predicted molar refractivity (Wildman–Crippen MR) is 43.1 cm³/mol. The molecule has 0 aliphatic rings. The summed E-state index contributed by atoms with van der Waals surface area (Å²) in [6.45, 7) is 0.746. The Morgan fingerprint density at radius 1 is 0.895 bits per heavy atom. The van der Waals surface area contributed by atoms with Gasteiger partial charge in [0.05, 0.1) is 0 Å². The zero-order valence-electron chi connectivity index (χ0n) is 8.95. The minimum Gasteiger partial charge on any atom is -0.270 e. The molecule has 110 valence electrons. The molecule has 0 atom stereocenters. The Labute approximate surface area is 99.4 Å². The van der Waals surface area contributed by atoms with Crippen molar-refractivity contribution in [1.82, 2.24) is 9.55 Å². The van der Waals surface area contributed by atoms with Crippen LogP contribution in [0.3, 0.4) is 0 Å². The van der Waals surface area contributed by atoms with Crippen LogP contribution in [-0.4, -0.2) is 27.6 Å². The molecule has 0 spiro atoms. The molecule has 0 fully saturated rings. The van der Waals surface area contributed by atoms with Crippen LogP contribution in [0.15, 0.2) is 12.4 Å². The summed E-state index contributed by atoms with van der Waals surface area (Å²) >= 11 is 0. The highest BCUT2D eigenvalue weighted by Gasteiger charge is 2.82. The van der Waals surface area contributed by atoms with Crippen LogP contribution in [0.1, 0.15) is 5.82 Å². The molecule has 0 saturated heterocycles. The van der Waals surface area contributed by atoms with Crippen molar-refractivity contribution in [3.8, 4) is 0 Å². The summed E-state index contributed by atoms with van der Waals surface area (Å²) in [5, 5.41) is 0. The number of nitrogens with zero attached hydrogens (tertiary/aromatic N) is 2. The first-order valence-corrected chi connectivity index (χ1v) is 4.47. The van der Waals surface area contributed by atoms with E-state index >= 15 is 0 Å². The molecule has 1 aromatic rings. The Morgan fingerprint density at radius 3 is 1.68 bits per heavy atom. The Bertz CT molecular complexity index is 459. The van der Waals surface area contributed by atoms with Crippen molar-refractivity contribution < 1.29 is 39.5 Å². The van der Waals surface area contributed by atoms with E-state index in [0.717, 1.165) is 6.92 Å². The minimum absolute atomic E-state index is 0.176. The van der Waals surface area contributed by atoms with Gasteiger partial charge in [-0.2, -0.15) is 39.5 Å². The molecule has 1 aromatic heterocycles. The maximum atomic E-state index is 13.2. The van der Waals surface area contributed by atoms with E-state index in [-0.39, 0.29) is 6.20 Å². The van der Waals surface area contributed by atoms with Gasteiger partial charge in [-0.25, -0.2) is 4.98 Å². The van der Waals surface area contributed by atoms with E-state index in [1.807, 2.05) is 0 Å². The van der Waals surface area contributed by atoms with E-state index < -0.39 is 34.5 Å². The van der Waals surface area contributed by atoms with E-state index in [0.29, 0.717) is 6.20 Å². The van der Waals surface area contributed by atoms with Crippen LogP contribution in [0.4, 0.5) is 39.5 Å². The van der Waals surface area contributed by atoms with E-state index in [1.165, 1.54) is 0 Å². The Balaban J connectivity index is 3.38. The zero-order valence-corrected chi connectivity index (χ0v) is 8.95. The number of aromatic nitrogens is 2. The lowest BCUT2D eigenvalue weighted by Gasteiger charge is -2.34. The van der Waals surface area contributed by atoms with Gasteiger partial charge in [-0.05, 0) is 6.92 Å². The Morgan fingerprint density at radius 2 is 1.37 bits per heavy atom. The first-order valence-electron chi connectivity index (χ1n) is 4.47. The van der Waals surface area contributed by atoms with E-state index in [2.05, 4.69) is 4.98 Å². The molecule has 1 rings (SSSR count). The number of halogens is 9. The molecule has 1 heterocycles. The standard InChI is InChI=1S/C8H5F9N2/c1-4-18-2-3-19(4)8(16,17)6(11,12)5(9,10)7(13,14)15/h2-3H,1H3. The molecule has 0 unspecified atom stereocenters. The second-order valence-corrected chi connectivity index (χ2v) is 3.53. The summed E-state index contributed by atoms with van der Waals surface area (Å²) in [5.74, 6) is -14.4. The summed E-state index contributed by atoms with van der Waals surface area (Å²) in [6, 6.07) is -5.80. The maximum absolute atomic E-state index is 13.2. The van der Waals surface area contributed by atoms with Crippen LogP contribution in [0, 0.1) is 6.92 Å². The summed E-state index contributed by atoms with van der Waals surface area (Å²) in [7, 11) is 0. The van der Waals surface area contributed by atoms with Gasteiger partial charge in [0.15, 0.2) is 0 Å². The van der Waals surface area contributed by atoms with E-state index in [9.17, 15) is 39.5 Å². The van der Waals surface area contributed by atoms with Crippen molar-refractivity contribution in [2.75, 3.05) is 0 Å². The predicted octanol–water partition coefficient (Wildman–Crippen LogP) is 3.57. The van der Waals surface area contributed by atoms with Crippen LogP contribution in [0.25, 0.3) is 0 Å². The summed E-state index contributed by atoms with van der Waals surface area (Å²) < 4.78 is 112. The van der Waals surface area contributed by atoms with Gasteiger partial charge >= 0.3 is 24.1 Å². The average molecular weight is 300 g/mol. The van der Waals surface area contributed by atoms with Crippen molar-refractivity contribution in [3.05, 3.63) is 18.2 Å². The number of aryl methyl sites for hydroxylation is 1. The minimum atomic E-state index is -6.90. The van der Waals surface area contributed by atoms with E-state index in [4.69, 9.17) is 0 Å². The smallest absolute Gasteiger partial charge is 0.270 e. The average Bonchev–Trinajstić information content (AvgIpc) is 2.62. The Kier molecular flexibility index (Phi) is 3.32. The normalized spacial score (nSPS) is 14.8. The van der Waals surface area contributed by atoms with Crippen molar-refractivity contribution in [2.24, 2.45) is 0 Å². The van der Waals surface area contributed by atoms with Crippen LogP contribution < -0.4 is 0 Å². The van der Waals surface area contributed by atoms with Crippen LogP contribution in [0.2, 0.25) is 0 Å². The van der Waals surface area contributed by atoms with E-state index in [1.54, 1.807) is 0 Å². The van der Waals surface area contributed by atoms with Gasteiger partial charge in [-0.15, -0.1) is 0 Å². The highest BCUT2D eigenvalue weighted by Crippen LogP contribution is 2.54. The van der Waals surface area contributed by atoms with Crippen LogP contribution in [0.5, 0.6) is 0 Å². The lowest BCUT2D eigenvalue weighted by Crippen LogP contribution is -2.61. The Hall–Kier alpha value is -1.42. The summed E-state index contributed by atoms with van der Waals surface area (Å²) in [6.07, 6.45) is -6.09. The molecule has 11 heteroatoms. The van der Waals surface area contributed by atoms with Crippen molar-refractivity contribution in [1.29, 1.82) is 0 Å². The molecule has 2 nitrogen and oxygen atoms in total. The fourth-order valence-electron chi connectivity index (χ4n) is 1.19. The largest absolute Gasteiger partial charge is 0.460 e. The molecule has 0 saturated carbocycles. The number of rotatable bonds is 3. The SMILES string of the molecule is Cc1nccn1C(F)(F)C(F)(F)C(F)(F)C(F)(F)F. The van der Waals surface area contributed by atoms with Crippen molar-refractivity contribution in [3.63, 3.8) is 0 Å². The highest BCUT2D eigenvalue weighted by molar-refractivity contribution is 5.03. The lowest BCUT2D eigenvalue weighted by molar-refractivity contribution is -0.413. The lowest BCUT2D eigenvalue weighted by atomic mass is 10.1. The molecule has 0 aliphatic heterocycles.